The number of alkyl halides is 3. The van der Waals surface area contributed by atoms with Crippen LogP contribution in [0.2, 0.25) is 0 Å². The summed E-state index contributed by atoms with van der Waals surface area (Å²) in [5.41, 5.74) is -3.67. The quantitative estimate of drug-likeness (QED) is 0.537. The Kier molecular flexibility index (Phi) is 4.82. The Labute approximate surface area is 126 Å². The van der Waals surface area contributed by atoms with Crippen molar-refractivity contribution in [3.63, 3.8) is 0 Å². The molecular weight excluding hydrogens is 305 g/mol. The molecule has 1 heterocycles. The van der Waals surface area contributed by atoms with Crippen LogP contribution in [0.25, 0.3) is 10.1 Å². The van der Waals surface area contributed by atoms with Gasteiger partial charge < -0.3 is 0 Å². The first-order valence-corrected chi connectivity index (χ1v) is 7.54. The van der Waals surface area contributed by atoms with Crippen molar-refractivity contribution in [3.8, 4) is 0 Å². The molecule has 2 aromatic rings. The van der Waals surface area contributed by atoms with Crippen molar-refractivity contribution in [2.45, 2.75) is 45.0 Å². The molecule has 0 amide bonds. The van der Waals surface area contributed by atoms with E-state index in [0.29, 0.717) is 9.58 Å². The summed E-state index contributed by atoms with van der Waals surface area (Å²) in [5.74, 6) is 0. The number of aryl methyl sites for hydroxylation is 1. The molecule has 5 heteroatoms. The third-order valence-electron chi connectivity index (χ3n) is 3.22. The summed E-state index contributed by atoms with van der Waals surface area (Å²) in [6.07, 6.45) is 0.756. The van der Waals surface area contributed by atoms with Crippen LogP contribution >= 0.6 is 22.9 Å². The van der Waals surface area contributed by atoms with Crippen molar-refractivity contribution < 1.29 is 13.2 Å². The van der Waals surface area contributed by atoms with Gasteiger partial charge in [0.2, 0.25) is 0 Å². The van der Waals surface area contributed by atoms with E-state index < -0.39 is 21.4 Å². The van der Waals surface area contributed by atoms with Gasteiger partial charge in [-0.3, -0.25) is 0 Å². The number of hydrogen-bond donors (Lipinski definition) is 0. The Bertz CT molecular complexity index is 606. The summed E-state index contributed by atoms with van der Waals surface area (Å²) >= 11 is 0. The third-order valence-corrected chi connectivity index (χ3v) is 5.65. The van der Waals surface area contributed by atoms with Crippen LogP contribution in [-0.2, 0) is 17.3 Å². The van der Waals surface area contributed by atoms with Gasteiger partial charge in [-0.2, -0.15) is 0 Å². The maximum Gasteiger partial charge on any atom is 0.600 e. The van der Waals surface area contributed by atoms with E-state index in [-0.39, 0.29) is 12.4 Å². The van der Waals surface area contributed by atoms with E-state index in [4.69, 9.17) is 0 Å². The zero-order chi connectivity index (χ0) is 14.4. The van der Waals surface area contributed by atoms with Gasteiger partial charge in [0.1, 0.15) is 0 Å². The molecular formula is C15H19ClF3S+. The van der Waals surface area contributed by atoms with Crippen LogP contribution in [0.3, 0.4) is 0 Å². The van der Waals surface area contributed by atoms with Crippen LogP contribution in [0.4, 0.5) is 13.2 Å². The second kappa shape index (κ2) is 5.57. The number of benzene rings is 1. The van der Waals surface area contributed by atoms with Crippen molar-refractivity contribution in [2.24, 2.45) is 0 Å². The highest BCUT2D eigenvalue weighted by Gasteiger charge is 2.50. The van der Waals surface area contributed by atoms with Crippen molar-refractivity contribution in [1.82, 2.24) is 0 Å². The Hall–Kier alpha value is -0.740. The summed E-state index contributed by atoms with van der Waals surface area (Å²) in [7, 11) is -1.78. The molecule has 0 aliphatic carbocycles. The Morgan fingerprint density at radius 3 is 2.15 bits per heavy atom. The molecule has 0 bridgehead atoms. The molecule has 0 spiro atoms. The van der Waals surface area contributed by atoms with Gasteiger partial charge >= 0.3 is 5.51 Å². The van der Waals surface area contributed by atoms with Gasteiger partial charge in [0.05, 0.1) is 10.5 Å². The lowest BCUT2D eigenvalue weighted by atomic mass is 9.94. The number of thiophene rings is 1. The third kappa shape index (κ3) is 2.96. The van der Waals surface area contributed by atoms with Crippen molar-refractivity contribution in [2.75, 3.05) is 0 Å². The fraction of sp³-hybridized carbons (Fsp3) is 0.467. The highest BCUT2D eigenvalue weighted by atomic mass is 35.5. The molecule has 0 saturated heterocycles. The highest BCUT2D eigenvalue weighted by Crippen LogP contribution is 2.54. The Morgan fingerprint density at radius 1 is 1.10 bits per heavy atom. The maximum absolute atomic E-state index is 13.4. The SMILES string of the molecule is CCc1cccc2c1cc(C(C)(C)C)[s+]2C(F)(F)F.Cl. The molecule has 1 aromatic heterocycles. The number of halogens is 4. The zero-order valence-corrected chi connectivity index (χ0v) is 13.6. The van der Waals surface area contributed by atoms with Crippen LogP contribution in [0, 0.1) is 0 Å². The zero-order valence-electron chi connectivity index (χ0n) is 12.0. The molecule has 1 aromatic carbocycles. The largest absolute Gasteiger partial charge is 0.600 e. The van der Waals surface area contributed by atoms with Crippen LogP contribution in [-0.4, -0.2) is 0 Å². The van der Waals surface area contributed by atoms with Crippen molar-refractivity contribution >= 4 is 33.0 Å². The fourth-order valence-corrected chi connectivity index (χ4v) is 4.53. The second-order valence-corrected chi connectivity index (χ2v) is 7.65. The number of fused-ring (bicyclic) bond motifs is 1. The van der Waals surface area contributed by atoms with E-state index in [1.807, 2.05) is 33.8 Å². The molecule has 1 unspecified atom stereocenters. The Balaban J connectivity index is 0.00000200. The first-order chi connectivity index (χ1) is 8.66. The molecule has 0 saturated carbocycles. The number of hydrogen-bond acceptors (Lipinski definition) is 0. The summed E-state index contributed by atoms with van der Waals surface area (Å²) < 4.78 is 40.7. The summed E-state index contributed by atoms with van der Waals surface area (Å²) in [4.78, 5) is 0.496. The van der Waals surface area contributed by atoms with Gasteiger partial charge in [0.15, 0.2) is 9.58 Å². The molecule has 0 fully saturated rings. The molecule has 0 aliphatic rings. The fourth-order valence-electron chi connectivity index (χ4n) is 2.32. The smallest absolute Gasteiger partial charge is 0.147 e. The summed E-state index contributed by atoms with van der Waals surface area (Å²) in [6.45, 7) is 7.52. The van der Waals surface area contributed by atoms with Crippen LogP contribution in [0.1, 0.15) is 38.1 Å². The van der Waals surface area contributed by atoms with Gasteiger partial charge in [0.25, 0.3) is 0 Å². The van der Waals surface area contributed by atoms with E-state index in [0.717, 1.165) is 17.4 Å². The minimum absolute atomic E-state index is 0. The van der Waals surface area contributed by atoms with E-state index in [1.165, 1.54) is 0 Å². The molecule has 0 nitrogen and oxygen atoms in total. The maximum atomic E-state index is 13.4. The second-order valence-electron chi connectivity index (χ2n) is 5.69. The van der Waals surface area contributed by atoms with Gasteiger partial charge in [-0.15, -0.1) is 25.6 Å². The molecule has 0 aliphatic heterocycles. The number of rotatable bonds is 1. The predicted molar refractivity (Wildman–Crippen MR) is 83.1 cm³/mol. The molecule has 2 rings (SSSR count). The Morgan fingerprint density at radius 2 is 1.70 bits per heavy atom. The summed E-state index contributed by atoms with van der Waals surface area (Å²) in [6, 6.07) is 7.05. The average molecular weight is 324 g/mol. The van der Waals surface area contributed by atoms with E-state index in [1.54, 1.807) is 18.2 Å². The summed E-state index contributed by atoms with van der Waals surface area (Å²) in [5, 5.41) is 0.788. The van der Waals surface area contributed by atoms with E-state index in [2.05, 4.69) is 0 Å². The lowest BCUT2D eigenvalue weighted by molar-refractivity contribution is -0.0869. The van der Waals surface area contributed by atoms with Gasteiger partial charge in [-0.05, 0) is 18.1 Å². The lowest BCUT2D eigenvalue weighted by Gasteiger charge is -2.13. The highest BCUT2D eigenvalue weighted by molar-refractivity contribution is 7.38. The van der Waals surface area contributed by atoms with Gasteiger partial charge in [-0.1, -0.05) is 39.8 Å². The van der Waals surface area contributed by atoms with Crippen LogP contribution in [0.5, 0.6) is 0 Å². The first kappa shape index (κ1) is 17.3. The minimum atomic E-state index is -4.20. The monoisotopic (exact) mass is 323 g/mol. The predicted octanol–water partition coefficient (Wildman–Crippen LogP) is 6.35. The standard InChI is InChI=1S/C15H18F3S.ClH/c1-5-10-7-6-8-12-11(10)9-13(14(2,3)4)19(12)15(16,17)18;/h6-9H,5H2,1-4H3;1H/q+1;. The minimum Gasteiger partial charge on any atom is -0.147 e. The normalized spacial score (nSPS) is 13.4. The molecule has 1 atom stereocenters. The molecule has 0 N–H and O–H groups in total. The van der Waals surface area contributed by atoms with Crippen LogP contribution < -0.4 is 0 Å². The van der Waals surface area contributed by atoms with Gasteiger partial charge in [0, 0.05) is 16.9 Å². The first-order valence-electron chi connectivity index (χ1n) is 6.31. The average Bonchev–Trinajstić information content (AvgIpc) is 2.66. The molecule has 0 radical (unpaired) electrons. The van der Waals surface area contributed by atoms with Crippen LogP contribution in [0.15, 0.2) is 24.3 Å². The molecule has 20 heavy (non-hydrogen) atoms. The van der Waals surface area contributed by atoms with Crippen molar-refractivity contribution in [3.05, 3.63) is 34.7 Å². The van der Waals surface area contributed by atoms with E-state index in [9.17, 15) is 13.2 Å². The topological polar surface area (TPSA) is 0 Å². The van der Waals surface area contributed by atoms with Gasteiger partial charge in [-0.25, -0.2) is 0 Å². The van der Waals surface area contributed by atoms with Crippen molar-refractivity contribution in [1.29, 1.82) is 0 Å². The molecule has 112 valence electrons. The lowest BCUT2D eigenvalue weighted by Crippen LogP contribution is -2.12. The van der Waals surface area contributed by atoms with E-state index >= 15 is 0 Å².